The molecule has 3 heteroatoms. The van der Waals surface area contributed by atoms with Crippen LogP contribution >= 0.6 is 0 Å². The smallest absolute Gasteiger partial charge is 0.0713 e. The van der Waals surface area contributed by atoms with Gasteiger partial charge in [0.1, 0.15) is 0 Å². The van der Waals surface area contributed by atoms with Gasteiger partial charge in [0.25, 0.3) is 0 Å². The average Bonchev–Trinajstić information content (AvgIpc) is 2.30. The van der Waals surface area contributed by atoms with Crippen LogP contribution in [0.25, 0.3) is 0 Å². The van der Waals surface area contributed by atoms with Gasteiger partial charge in [0.05, 0.1) is 12.7 Å². The maximum atomic E-state index is 8.39. The molecule has 0 spiro atoms. The maximum absolute atomic E-state index is 8.39. The highest BCUT2D eigenvalue weighted by molar-refractivity contribution is 5.45. The number of ether oxygens (including phenoxy) is 1. The molecule has 0 unspecified atom stereocenters. The highest BCUT2D eigenvalue weighted by atomic mass is 16.5. The van der Waals surface area contributed by atoms with E-state index < -0.39 is 0 Å². The summed E-state index contributed by atoms with van der Waals surface area (Å²) >= 11 is 0. The third kappa shape index (κ3) is 4.81. The molecule has 0 fully saturated rings. The first-order chi connectivity index (χ1) is 7.86. The van der Waals surface area contributed by atoms with E-state index in [4.69, 9.17) is 10.00 Å². The predicted octanol–water partition coefficient (Wildman–Crippen LogP) is 2.94. The van der Waals surface area contributed by atoms with Crippen molar-refractivity contribution in [2.24, 2.45) is 0 Å². The van der Waals surface area contributed by atoms with Crippen molar-refractivity contribution in [1.82, 2.24) is 0 Å². The zero-order valence-corrected chi connectivity index (χ0v) is 9.70. The van der Waals surface area contributed by atoms with Gasteiger partial charge >= 0.3 is 0 Å². The fourth-order valence-electron chi connectivity index (χ4n) is 1.50. The SMILES string of the molecule is COCc1cccc(NCCCCC#N)c1. The van der Waals surface area contributed by atoms with Crippen molar-refractivity contribution in [1.29, 1.82) is 5.26 Å². The van der Waals surface area contributed by atoms with Crippen LogP contribution in [-0.2, 0) is 11.3 Å². The van der Waals surface area contributed by atoms with Gasteiger partial charge in [-0.3, -0.25) is 0 Å². The van der Waals surface area contributed by atoms with Crippen molar-refractivity contribution in [2.75, 3.05) is 19.0 Å². The van der Waals surface area contributed by atoms with Gasteiger partial charge in [0.15, 0.2) is 0 Å². The van der Waals surface area contributed by atoms with E-state index in [-0.39, 0.29) is 0 Å². The maximum Gasteiger partial charge on any atom is 0.0713 e. The molecule has 0 bridgehead atoms. The Morgan fingerprint density at radius 3 is 3.00 bits per heavy atom. The van der Waals surface area contributed by atoms with Crippen LogP contribution in [0.2, 0.25) is 0 Å². The van der Waals surface area contributed by atoms with Crippen molar-refractivity contribution in [2.45, 2.75) is 25.9 Å². The molecule has 0 aliphatic rings. The first kappa shape index (κ1) is 12.5. The summed E-state index contributed by atoms with van der Waals surface area (Å²) in [5.74, 6) is 0. The Balaban J connectivity index is 2.30. The van der Waals surface area contributed by atoms with E-state index in [2.05, 4.69) is 17.5 Å². The molecule has 0 aliphatic heterocycles. The van der Waals surface area contributed by atoms with Crippen LogP contribution in [0.15, 0.2) is 24.3 Å². The highest BCUT2D eigenvalue weighted by Crippen LogP contribution is 2.11. The minimum atomic E-state index is 0.643. The van der Waals surface area contributed by atoms with E-state index in [1.807, 2.05) is 18.2 Å². The van der Waals surface area contributed by atoms with Gasteiger partial charge in [0.2, 0.25) is 0 Å². The molecule has 0 saturated carbocycles. The number of nitriles is 1. The van der Waals surface area contributed by atoms with Crippen LogP contribution in [0, 0.1) is 11.3 Å². The van der Waals surface area contributed by atoms with E-state index >= 15 is 0 Å². The molecule has 1 N–H and O–H groups in total. The van der Waals surface area contributed by atoms with E-state index in [1.54, 1.807) is 7.11 Å². The Bertz CT molecular complexity index is 344. The summed E-state index contributed by atoms with van der Waals surface area (Å²) in [7, 11) is 1.70. The summed E-state index contributed by atoms with van der Waals surface area (Å²) in [6, 6.07) is 10.3. The van der Waals surface area contributed by atoms with Crippen molar-refractivity contribution in [3.63, 3.8) is 0 Å². The fourth-order valence-corrected chi connectivity index (χ4v) is 1.50. The highest BCUT2D eigenvalue weighted by Gasteiger charge is 1.95. The van der Waals surface area contributed by atoms with Crippen LogP contribution in [0.5, 0.6) is 0 Å². The number of hydrogen-bond acceptors (Lipinski definition) is 3. The number of nitrogens with zero attached hydrogens (tertiary/aromatic N) is 1. The molecule has 0 aromatic heterocycles. The minimum absolute atomic E-state index is 0.643. The Hall–Kier alpha value is -1.53. The molecular formula is C13H18N2O. The molecule has 1 rings (SSSR count). The molecule has 0 saturated heterocycles. The molecule has 0 atom stereocenters. The zero-order valence-electron chi connectivity index (χ0n) is 9.70. The molecule has 0 radical (unpaired) electrons. The van der Waals surface area contributed by atoms with Gasteiger partial charge in [-0.25, -0.2) is 0 Å². The van der Waals surface area contributed by atoms with Gasteiger partial charge in [-0.15, -0.1) is 0 Å². The second-order valence-electron chi connectivity index (χ2n) is 3.68. The Kier molecular flexibility index (Phi) is 6.05. The number of nitrogens with one attached hydrogen (secondary N) is 1. The monoisotopic (exact) mass is 218 g/mol. The molecule has 0 heterocycles. The molecule has 1 aromatic rings. The van der Waals surface area contributed by atoms with Crippen LogP contribution < -0.4 is 5.32 Å². The van der Waals surface area contributed by atoms with Crippen molar-refractivity contribution < 1.29 is 4.74 Å². The Morgan fingerprint density at radius 2 is 2.25 bits per heavy atom. The lowest BCUT2D eigenvalue weighted by atomic mass is 10.2. The van der Waals surface area contributed by atoms with E-state index in [0.717, 1.165) is 25.1 Å². The van der Waals surface area contributed by atoms with Crippen molar-refractivity contribution in [3.8, 4) is 6.07 Å². The number of anilines is 1. The molecule has 0 aliphatic carbocycles. The summed E-state index contributed by atoms with van der Waals surface area (Å²) in [5.41, 5.74) is 2.29. The van der Waals surface area contributed by atoms with Gasteiger partial charge in [0, 0.05) is 25.8 Å². The van der Waals surface area contributed by atoms with Crippen LogP contribution in [0.4, 0.5) is 5.69 Å². The quantitative estimate of drug-likeness (QED) is 0.716. The van der Waals surface area contributed by atoms with Crippen molar-refractivity contribution in [3.05, 3.63) is 29.8 Å². The standard InChI is InChI=1S/C13H18N2O/c1-16-11-12-6-5-7-13(10-12)15-9-4-2-3-8-14/h5-7,10,15H,2-4,9,11H2,1H3. The average molecular weight is 218 g/mol. The molecule has 0 amide bonds. The van der Waals surface area contributed by atoms with Crippen LogP contribution in [-0.4, -0.2) is 13.7 Å². The first-order valence-corrected chi connectivity index (χ1v) is 5.55. The van der Waals surface area contributed by atoms with Crippen LogP contribution in [0.1, 0.15) is 24.8 Å². The Labute approximate surface area is 97.0 Å². The minimum Gasteiger partial charge on any atom is -0.385 e. The summed E-state index contributed by atoms with van der Waals surface area (Å²) in [6.45, 7) is 1.56. The molecule has 1 aromatic carbocycles. The summed E-state index contributed by atoms with van der Waals surface area (Å²) in [4.78, 5) is 0. The molecule has 86 valence electrons. The van der Waals surface area contributed by atoms with Gasteiger partial charge in [-0.2, -0.15) is 5.26 Å². The molecule has 3 nitrogen and oxygen atoms in total. The van der Waals surface area contributed by atoms with E-state index in [9.17, 15) is 0 Å². The van der Waals surface area contributed by atoms with E-state index in [0.29, 0.717) is 13.0 Å². The fraction of sp³-hybridized carbons (Fsp3) is 0.462. The van der Waals surface area contributed by atoms with Gasteiger partial charge in [-0.05, 0) is 30.5 Å². The summed E-state index contributed by atoms with van der Waals surface area (Å²) < 4.78 is 5.08. The number of rotatable bonds is 7. The number of unbranched alkanes of at least 4 members (excludes halogenated alkanes) is 2. The van der Waals surface area contributed by atoms with Gasteiger partial charge < -0.3 is 10.1 Å². The largest absolute Gasteiger partial charge is 0.385 e. The summed E-state index contributed by atoms with van der Waals surface area (Å²) in [5, 5.41) is 11.7. The predicted molar refractivity (Wildman–Crippen MR) is 65.1 cm³/mol. The Morgan fingerprint density at radius 1 is 1.38 bits per heavy atom. The number of hydrogen-bond donors (Lipinski definition) is 1. The lowest BCUT2D eigenvalue weighted by Crippen LogP contribution is -2.01. The normalized spacial score (nSPS) is 9.75. The molecular weight excluding hydrogens is 200 g/mol. The first-order valence-electron chi connectivity index (χ1n) is 5.55. The zero-order chi connectivity index (χ0) is 11.6. The van der Waals surface area contributed by atoms with Crippen molar-refractivity contribution >= 4 is 5.69 Å². The third-order valence-electron chi connectivity index (χ3n) is 2.28. The third-order valence-corrected chi connectivity index (χ3v) is 2.28. The lowest BCUT2D eigenvalue weighted by molar-refractivity contribution is 0.185. The number of methoxy groups -OCH3 is 1. The summed E-state index contributed by atoms with van der Waals surface area (Å²) in [6.07, 6.45) is 2.63. The molecule has 16 heavy (non-hydrogen) atoms. The van der Waals surface area contributed by atoms with Gasteiger partial charge in [-0.1, -0.05) is 12.1 Å². The van der Waals surface area contributed by atoms with Crippen LogP contribution in [0.3, 0.4) is 0 Å². The second kappa shape index (κ2) is 7.72. The lowest BCUT2D eigenvalue weighted by Gasteiger charge is -2.07. The second-order valence-corrected chi connectivity index (χ2v) is 3.68. The number of benzene rings is 1. The topological polar surface area (TPSA) is 45.0 Å². The van der Waals surface area contributed by atoms with E-state index in [1.165, 1.54) is 5.56 Å².